The monoisotopic (exact) mass is 372 g/mol. The fraction of sp³-hybridized carbons (Fsp3) is 0.0625. The maximum atomic E-state index is 11.4. The molecule has 0 unspecified atom stereocenters. The molecule has 1 amide bonds. The van der Waals surface area contributed by atoms with E-state index in [9.17, 15) is 4.79 Å². The van der Waals surface area contributed by atoms with E-state index < -0.39 is 5.91 Å². The van der Waals surface area contributed by atoms with Crippen molar-refractivity contribution in [2.24, 2.45) is 5.73 Å². The molecule has 0 aliphatic rings. The first-order valence-corrected chi connectivity index (χ1v) is 7.61. The molecule has 0 saturated carbocycles. The zero-order valence-electron chi connectivity index (χ0n) is 12.0. The Hall–Kier alpha value is -2.67. The van der Waals surface area contributed by atoms with Crippen LogP contribution in [0.3, 0.4) is 0 Å². The summed E-state index contributed by atoms with van der Waals surface area (Å²) < 4.78 is 6.65. The summed E-state index contributed by atoms with van der Waals surface area (Å²) in [6, 6.07) is 15.3. The van der Waals surface area contributed by atoms with E-state index >= 15 is 0 Å². The van der Waals surface area contributed by atoms with Gasteiger partial charge in [0, 0.05) is 5.56 Å². The molecule has 3 aromatic rings. The van der Waals surface area contributed by atoms with Crippen molar-refractivity contribution in [1.29, 1.82) is 0 Å². The Morgan fingerprint density at radius 3 is 2.70 bits per heavy atom. The van der Waals surface area contributed by atoms with Gasteiger partial charge in [-0.25, -0.2) is 0 Å². The van der Waals surface area contributed by atoms with Gasteiger partial charge in [0.25, 0.3) is 5.91 Å². The Kier molecular flexibility index (Phi) is 4.38. The summed E-state index contributed by atoms with van der Waals surface area (Å²) in [4.78, 5) is 11.4. The molecule has 0 spiro atoms. The fourth-order valence-corrected chi connectivity index (χ4v) is 2.46. The second kappa shape index (κ2) is 6.62. The number of nitrogens with one attached hydrogen (secondary N) is 1. The van der Waals surface area contributed by atoms with Gasteiger partial charge in [-0.3, -0.25) is 4.79 Å². The number of halogens is 1. The highest BCUT2D eigenvalue weighted by molar-refractivity contribution is 9.10. The van der Waals surface area contributed by atoms with E-state index in [1.165, 1.54) is 0 Å². The minimum Gasteiger partial charge on any atom is -0.488 e. The molecule has 116 valence electrons. The van der Waals surface area contributed by atoms with Crippen LogP contribution in [-0.4, -0.2) is 21.3 Å². The Balaban J connectivity index is 1.87. The van der Waals surface area contributed by atoms with Gasteiger partial charge in [-0.1, -0.05) is 36.4 Å². The second-order valence-electron chi connectivity index (χ2n) is 4.80. The molecule has 3 rings (SSSR count). The third kappa shape index (κ3) is 3.40. The van der Waals surface area contributed by atoms with Crippen LogP contribution in [0, 0.1) is 0 Å². The zero-order chi connectivity index (χ0) is 16.2. The Morgan fingerprint density at radius 1 is 1.17 bits per heavy atom. The molecule has 7 heteroatoms. The lowest BCUT2D eigenvalue weighted by molar-refractivity contribution is 0.0996. The number of carbonyl (C=O) groups is 1. The van der Waals surface area contributed by atoms with Gasteiger partial charge in [0.15, 0.2) is 5.69 Å². The number of H-pyrrole nitrogens is 1. The van der Waals surface area contributed by atoms with Crippen molar-refractivity contribution in [2.75, 3.05) is 0 Å². The van der Waals surface area contributed by atoms with Crippen LogP contribution in [0.4, 0.5) is 0 Å². The van der Waals surface area contributed by atoms with Crippen LogP contribution in [0.5, 0.6) is 5.75 Å². The molecule has 0 radical (unpaired) electrons. The van der Waals surface area contributed by atoms with Crippen molar-refractivity contribution in [3.05, 3.63) is 64.3 Å². The molecule has 1 aromatic heterocycles. The number of carbonyl (C=O) groups excluding carboxylic acids is 1. The van der Waals surface area contributed by atoms with Crippen molar-refractivity contribution >= 4 is 21.8 Å². The largest absolute Gasteiger partial charge is 0.488 e. The zero-order valence-corrected chi connectivity index (χ0v) is 13.6. The second-order valence-corrected chi connectivity index (χ2v) is 5.66. The van der Waals surface area contributed by atoms with Gasteiger partial charge in [-0.2, -0.15) is 15.4 Å². The lowest BCUT2D eigenvalue weighted by Gasteiger charge is -2.10. The predicted octanol–water partition coefficient (Wildman–Crippen LogP) is 2.91. The van der Waals surface area contributed by atoms with Crippen molar-refractivity contribution in [3.63, 3.8) is 0 Å². The van der Waals surface area contributed by atoms with Crippen molar-refractivity contribution < 1.29 is 9.53 Å². The molecular formula is C16H13BrN4O2. The van der Waals surface area contributed by atoms with E-state index in [1.54, 1.807) is 6.07 Å². The summed E-state index contributed by atoms with van der Waals surface area (Å²) in [6.07, 6.45) is 0. The average molecular weight is 373 g/mol. The Bertz CT molecular complexity index is 833. The first-order chi connectivity index (χ1) is 11.1. The van der Waals surface area contributed by atoms with Gasteiger partial charge in [0.05, 0.1) is 4.47 Å². The summed E-state index contributed by atoms with van der Waals surface area (Å²) in [5.74, 6) is 0.00759. The van der Waals surface area contributed by atoms with Gasteiger partial charge in [0.1, 0.15) is 18.1 Å². The molecule has 23 heavy (non-hydrogen) atoms. The minimum atomic E-state index is -0.636. The summed E-state index contributed by atoms with van der Waals surface area (Å²) in [5, 5.41) is 10.2. The third-order valence-corrected chi connectivity index (χ3v) is 3.88. The summed E-state index contributed by atoms with van der Waals surface area (Å²) >= 11 is 3.45. The van der Waals surface area contributed by atoms with E-state index in [2.05, 4.69) is 31.3 Å². The minimum absolute atomic E-state index is 0.0985. The van der Waals surface area contributed by atoms with Crippen molar-refractivity contribution in [2.45, 2.75) is 6.61 Å². The predicted molar refractivity (Wildman–Crippen MR) is 88.8 cm³/mol. The number of rotatable bonds is 5. The number of amides is 1. The number of benzene rings is 2. The summed E-state index contributed by atoms with van der Waals surface area (Å²) in [7, 11) is 0. The molecule has 6 nitrogen and oxygen atoms in total. The maximum Gasteiger partial charge on any atom is 0.271 e. The van der Waals surface area contributed by atoms with Crippen molar-refractivity contribution in [3.8, 4) is 17.0 Å². The highest BCUT2D eigenvalue weighted by atomic mass is 79.9. The summed E-state index contributed by atoms with van der Waals surface area (Å²) in [5.41, 5.74) is 7.55. The first kappa shape index (κ1) is 15.2. The van der Waals surface area contributed by atoms with Gasteiger partial charge in [-0.15, -0.1) is 0 Å². The summed E-state index contributed by atoms with van der Waals surface area (Å²) in [6.45, 7) is 0.435. The molecule has 0 aliphatic carbocycles. The smallest absolute Gasteiger partial charge is 0.271 e. The number of hydrogen-bond donors (Lipinski definition) is 2. The fourth-order valence-electron chi connectivity index (χ4n) is 2.10. The molecule has 0 atom stereocenters. The molecule has 2 aromatic carbocycles. The lowest BCUT2D eigenvalue weighted by Crippen LogP contribution is -2.12. The highest BCUT2D eigenvalue weighted by Gasteiger charge is 2.16. The van der Waals surface area contributed by atoms with E-state index in [1.807, 2.05) is 42.5 Å². The molecule has 1 heterocycles. The van der Waals surface area contributed by atoms with Crippen LogP contribution in [0.1, 0.15) is 16.1 Å². The Morgan fingerprint density at radius 2 is 1.96 bits per heavy atom. The van der Waals surface area contributed by atoms with Crippen LogP contribution in [0.2, 0.25) is 0 Å². The van der Waals surface area contributed by atoms with Crippen LogP contribution in [0.25, 0.3) is 11.3 Å². The molecular weight excluding hydrogens is 360 g/mol. The van der Waals surface area contributed by atoms with Gasteiger partial charge in [-0.05, 0) is 33.6 Å². The van der Waals surface area contributed by atoms with E-state index in [4.69, 9.17) is 10.5 Å². The van der Waals surface area contributed by atoms with Crippen molar-refractivity contribution in [1.82, 2.24) is 15.4 Å². The number of primary amides is 1. The standard InChI is InChI=1S/C16H13BrN4O2/c17-12-7-6-11(14-15(16(18)22)20-21-19-14)8-13(12)23-9-10-4-2-1-3-5-10/h1-8H,9H2,(H2,18,22)(H,19,20,21). The number of nitrogens with zero attached hydrogens (tertiary/aromatic N) is 2. The number of aromatic nitrogens is 3. The maximum absolute atomic E-state index is 11.4. The Labute approximate surface area is 140 Å². The quantitative estimate of drug-likeness (QED) is 0.719. The third-order valence-electron chi connectivity index (χ3n) is 3.22. The van der Waals surface area contributed by atoms with Crippen LogP contribution in [-0.2, 0) is 6.61 Å². The average Bonchev–Trinajstić information content (AvgIpc) is 3.05. The van der Waals surface area contributed by atoms with Gasteiger partial charge >= 0.3 is 0 Å². The van der Waals surface area contributed by atoms with E-state index in [-0.39, 0.29) is 5.69 Å². The van der Waals surface area contributed by atoms with Crippen LogP contribution >= 0.6 is 15.9 Å². The molecule has 0 saturated heterocycles. The molecule has 0 aliphatic heterocycles. The molecule has 0 bridgehead atoms. The number of aromatic amines is 1. The molecule has 0 fully saturated rings. The lowest BCUT2D eigenvalue weighted by atomic mass is 10.1. The highest BCUT2D eigenvalue weighted by Crippen LogP contribution is 2.31. The number of hydrogen-bond acceptors (Lipinski definition) is 4. The van der Waals surface area contributed by atoms with Crippen LogP contribution in [0.15, 0.2) is 53.0 Å². The molecule has 3 N–H and O–H groups in total. The number of nitrogens with two attached hydrogens (primary N) is 1. The van der Waals surface area contributed by atoms with E-state index in [0.717, 1.165) is 10.0 Å². The van der Waals surface area contributed by atoms with E-state index in [0.29, 0.717) is 23.6 Å². The number of ether oxygens (including phenoxy) is 1. The SMILES string of the molecule is NC(=O)c1n[nH]nc1-c1ccc(Br)c(OCc2ccccc2)c1. The van der Waals surface area contributed by atoms with Gasteiger partial charge in [0.2, 0.25) is 0 Å². The normalized spacial score (nSPS) is 10.5. The topological polar surface area (TPSA) is 93.9 Å². The first-order valence-electron chi connectivity index (χ1n) is 6.82. The van der Waals surface area contributed by atoms with Crippen LogP contribution < -0.4 is 10.5 Å². The van der Waals surface area contributed by atoms with Gasteiger partial charge < -0.3 is 10.5 Å².